The van der Waals surface area contributed by atoms with Gasteiger partial charge >= 0.3 is 0 Å². The highest BCUT2D eigenvalue weighted by Gasteiger charge is 2.54. The van der Waals surface area contributed by atoms with E-state index in [9.17, 15) is 10.1 Å². The molecular formula is C48H64N7O8PSi. The van der Waals surface area contributed by atoms with Gasteiger partial charge < -0.3 is 37.7 Å². The van der Waals surface area contributed by atoms with Gasteiger partial charge in [0.25, 0.3) is 14.1 Å². The number of aromatic nitrogens is 4. The highest BCUT2D eigenvalue weighted by atomic mass is 31.2. The van der Waals surface area contributed by atoms with Gasteiger partial charge in [-0.15, -0.1) is 0 Å². The minimum Gasteiger partial charge on any atom is -0.497 e. The van der Waals surface area contributed by atoms with E-state index in [1.165, 1.54) is 0 Å². The number of ether oxygens (including phenoxy) is 4. The normalized spacial score (nSPS) is 20.0. The number of nitrogens with one attached hydrogen (secondary N) is 2. The lowest BCUT2D eigenvalue weighted by Gasteiger charge is -2.41. The zero-order valence-electron chi connectivity index (χ0n) is 39.1. The third-order valence-electron chi connectivity index (χ3n) is 12.5. The molecule has 2 N–H and O–H groups in total. The summed E-state index contributed by atoms with van der Waals surface area (Å²) in [5.41, 5.74) is 1.59. The smallest absolute Gasteiger partial charge is 0.280 e. The molecule has 2 aliphatic heterocycles. The number of methoxy groups -OCH3 is 2. The SMILES string of the molecule is COc1ccc(C(OC[C@H]2O[C@@H](n3cnc4c(=O)[nH]c(NCC(C)C)nc43)[C@H](O[Si](C)(C)C(C)(C)C)[C@@H]2OP(OCCC#N)N2CCCC2)(c2ccccc2)c2ccc(OC)cc2)cc1. The van der Waals surface area contributed by atoms with Crippen LogP contribution in [0.2, 0.25) is 18.1 Å². The number of imidazole rings is 1. The molecule has 5 aromatic rings. The summed E-state index contributed by atoms with van der Waals surface area (Å²) in [6, 6.07) is 28.1. The molecule has 0 amide bonds. The number of fused-ring (bicyclic) bond motifs is 1. The van der Waals surface area contributed by atoms with Crippen molar-refractivity contribution in [3.8, 4) is 17.6 Å². The summed E-state index contributed by atoms with van der Waals surface area (Å²) in [5, 5.41) is 12.6. The maximum atomic E-state index is 13.6. The van der Waals surface area contributed by atoms with E-state index in [1.807, 2.05) is 66.7 Å². The van der Waals surface area contributed by atoms with Crippen LogP contribution in [0.4, 0.5) is 5.95 Å². The van der Waals surface area contributed by atoms with E-state index in [4.69, 9.17) is 37.4 Å². The Labute approximate surface area is 384 Å². The maximum absolute atomic E-state index is 13.6. The summed E-state index contributed by atoms with van der Waals surface area (Å²) >= 11 is 0. The highest BCUT2D eigenvalue weighted by Crippen LogP contribution is 2.52. The first kappa shape index (κ1) is 48.2. The highest BCUT2D eigenvalue weighted by molar-refractivity contribution is 7.44. The number of hydrogen-bond donors (Lipinski definition) is 2. The van der Waals surface area contributed by atoms with E-state index < -0.39 is 47.0 Å². The van der Waals surface area contributed by atoms with Crippen LogP contribution >= 0.6 is 8.53 Å². The van der Waals surface area contributed by atoms with E-state index >= 15 is 0 Å². The van der Waals surface area contributed by atoms with Crippen LogP contribution in [-0.2, 0) is 28.5 Å². The van der Waals surface area contributed by atoms with Crippen LogP contribution in [0.1, 0.15) is 76.8 Å². The first-order valence-electron chi connectivity index (χ1n) is 22.4. The second kappa shape index (κ2) is 20.9. The molecule has 2 aliphatic rings. The molecule has 2 fully saturated rings. The lowest BCUT2D eigenvalue weighted by Crippen LogP contribution is -2.49. The van der Waals surface area contributed by atoms with Crippen LogP contribution in [0.15, 0.2) is 90.0 Å². The van der Waals surface area contributed by atoms with Gasteiger partial charge in [0.15, 0.2) is 25.7 Å². The third-order valence-corrected chi connectivity index (χ3v) is 18.6. The lowest BCUT2D eigenvalue weighted by molar-refractivity contribution is -0.0924. The third kappa shape index (κ3) is 10.6. The number of aromatic amines is 1. The standard InChI is InChI=1S/C48H64N7O8PSi/c1-33(2)30-50-46-52-43-40(44(56)53-46)51-32-55(43)45-42(63-65(8,9)47(3,4)5)41(62-64(60-29-15-26-49)54-27-13-14-28-54)39(61-45)31-59-48(34-16-11-10-12-17-34,35-18-22-37(57-6)23-19-35)36-20-24-38(58-7)25-21-36/h10-12,16-25,32-33,39,41-42,45H,13-15,27-31H2,1-9H3,(H2,50,52,53,56)/t39-,41-,42-,45-,64?/m1/s1. The van der Waals surface area contributed by atoms with Crippen molar-refractivity contribution in [3.63, 3.8) is 0 Å². The number of nitriles is 1. The van der Waals surface area contributed by atoms with Gasteiger partial charge in [-0.05, 0) is 77.8 Å². The lowest BCUT2D eigenvalue weighted by atomic mass is 9.80. The van der Waals surface area contributed by atoms with Gasteiger partial charge in [0.1, 0.15) is 35.4 Å². The quantitative estimate of drug-likeness (QED) is 0.0329. The van der Waals surface area contributed by atoms with Crippen LogP contribution in [0.5, 0.6) is 11.5 Å². The van der Waals surface area contributed by atoms with Crippen LogP contribution in [0.3, 0.4) is 0 Å². The van der Waals surface area contributed by atoms with Crippen molar-refractivity contribution in [2.45, 2.75) is 102 Å². The van der Waals surface area contributed by atoms with Crippen molar-refractivity contribution in [2.75, 3.05) is 52.4 Å². The largest absolute Gasteiger partial charge is 0.497 e. The Morgan fingerprint density at radius 1 is 0.938 bits per heavy atom. The van der Waals surface area contributed by atoms with Crippen LogP contribution < -0.4 is 20.3 Å². The summed E-state index contributed by atoms with van der Waals surface area (Å²) < 4.78 is 51.3. The molecule has 17 heteroatoms. The van der Waals surface area contributed by atoms with Crippen LogP contribution in [-0.4, -0.2) is 97.9 Å². The molecule has 0 saturated carbocycles. The number of rotatable bonds is 20. The van der Waals surface area contributed by atoms with Crippen molar-refractivity contribution < 1.29 is 32.4 Å². The summed E-state index contributed by atoms with van der Waals surface area (Å²) in [5.74, 6) is 2.06. The Kier molecular flexibility index (Phi) is 15.5. The summed E-state index contributed by atoms with van der Waals surface area (Å²) in [6.07, 6.45) is 0.692. The minimum absolute atomic E-state index is 0.0225. The van der Waals surface area contributed by atoms with E-state index in [0.29, 0.717) is 35.6 Å². The van der Waals surface area contributed by atoms with Crippen LogP contribution in [0, 0.1) is 17.2 Å². The number of anilines is 1. The fourth-order valence-corrected chi connectivity index (χ4v) is 10.9. The van der Waals surface area contributed by atoms with Gasteiger partial charge in [0.05, 0.1) is 46.3 Å². The Morgan fingerprint density at radius 2 is 1.55 bits per heavy atom. The molecule has 0 spiro atoms. The molecule has 0 radical (unpaired) electrons. The van der Waals surface area contributed by atoms with Crippen molar-refractivity contribution in [1.82, 2.24) is 24.2 Å². The molecule has 2 aromatic heterocycles. The first-order chi connectivity index (χ1) is 31.2. The molecule has 348 valence electrons. The average Bonchev–Trinajstić information content (AvgIpc) is 4.06. The fraction of sp³-hybridized carbons (Fsp3) is 0.500. The van der Waals surface area contributed by atoms with Crippen molar-refractivity contribution in [1.29, 1.82) is 5.26 Å². The Hall–Kier alpha value is -4.69. The van der Waals surface area contributed by atoms with Gasteiger partial charge in [-0.3, -0.25) is 14.3 Å². The van der Waals surface area contributed by atoms with E-state index in [2.05, 4.69) is 85.9 Å². The van der Waals surface area contributed by atoms with E-state index in [1.54, 1.807) is 25.1 Å². The van der Waals surface area contributed by atoms with Gasteiger partial charge in [-0.1, -0.05) is 89.2 Å². The predicted octanol–water partition coefficient (Wildman–Crippen LogP) is 9.14. The number of hydrogen-bond acceptors (Lipinski definition) is 13. The molecule has 5 atom stereocenters. The van der Waals surface area contributed by atoms with E-state index in [-0.39, 0.29) is 35.7 Å². The summed E-state index contributed by atoms with van der Waals surface area (Å²) in [6.45, 7) is 17.6. The Morgan fingerprint density at radius 3 is 2.12 bits per heavy atom. The zero-order chi connectivity index (χ0) is 46.4. The number of nitrogens with zero attached hydrogens (tertiary/aromatic N) is 5. The van der Waals surface area contributed by atoms with E-state index in [0.717, 1.165) is 42.6 Å². The molecular weight excluding hydrogens is 862 g/mol. The molecule has 7 rings (SSSR count). The Bertz CT molecular complexity index is 2370. The second-order valence-electron chi connectivity index (χ2n) is 18.4. The zero-order valence-corrected chi connectivity index (χ0v) is 41.0. The molecule has 0 aliphatic carbocycles. The topological polar surface area (TPSA) is 167 Å². The number of benzene rings is 3. The van der Waals surface area contributed by atoms with Crippen molar-refractivity contribution >= 4 is 34.0 Å². The molecule has 2 saturated heterocycles. The van der Waals surface area contributed by atoms with Crippen molar-refractivity contribution in [2.24, 2.45) is 5.92 Å². The Balaban J connectivity index is 1.40. The van der Waals surface area contributed by atoms with Gasteiger partial charge in [-0.25, -0.2) is 9.65 Å². The molecule has 15 nitrogen and oxygen atoms in total. The predicted molar refractivity (Wildman–Crippen MR) is 255 cm³/mol. The van der Waals surface area contributed by atoms with Gasteiger partial charge in [-0.2, -0.15) is 10.2 Å². The average molecular weight is 926 g/mol. The maximum Gasteiger partial charge on any atom is 0.280 e. The number of H-pyrrole nitrogens is 1. The molecule has 4 heterocycles. The second-order valence-corrected chi connectivity index (χ2v) is 24.7. The summed E-state index contributed by atoms with van der Waals surface area (Å²) in [4.78, 5) is 25.9. The molecule has 65 heavy (non-hydrogen) atoms. The minimum atomic E-state index is -2.61. The monoisotopic (exact) mass is 925 g/mol. The van der Waals surface area contributed by atoms with Gasteiger partial charge in [0, 0.05) is 19.6 Å². The van der Waals surface area contributed by atoms with Gasteiger partial charge in [0.2, 0.25) is 5.95 Å². The molecule has 0 bridgehead atoms. The van der Waals surface area contributed by atoms with Crippen molar-refractivity contribution in [3.05, 3.63) is 112 Å². The first-order valence-corrected chi connectivity index (χ1v) is 26.5. The molecule has 1 unspecified atom stereocenters. The van der Waals surface area contributed by atoms with Crippen LogP contribution in [0.25, 0.3) is 11.2 Å². The summed E-state index contributed by atoms with van der Waals surface area (Å²) in [7, 11) is -0.986. The molecule has 3 aromatic carbocycles. The fourth-order valence-electron chi connectivity index (χ4n) is 7.93.